The summed E-state index contributed by atoms with van der Waals surface area (Å²) in [6, 6.07) is 18.2. The summed E-state index contributed by atoms with van der Waals surface area (Å²) in [4.78, 5) is 17.0. The number of carbonyl (C=O) groups excluding carboxylic acids is 1. The van der Waals surface area contributed by atoms with E-state index in [0.717, 1.165) is 17.4 Å². The minimum atomic E-state index is -0.658. The van der Waals surface area contributed by atoms with Gasteiger partial charge in [-0.25, -0.2) is 13.8 Å². The van der Waals surface area contributed by atoms with Gasteiger partial charge in [0.25, 0.3) is 5.91 Å². The van der Waals surface area contributed by atoms with Crippen LogP contribution in [0.15, 0.2) is 72.1 Å². The fourth-order valence-corrected chi connectivity index (χ4v) is 4.16. The van der Waals surface area contributed by atoms with Crippen LogP contribution in [0, 0.1) is 11.6 Å². The van der Waals surface area contributed by atoms with Gasteiger partial charge in [0.1, 0.15) is 40.4 Å². The van der Waals surface area contributed by atoms with Gasteiger partial charge in [-0.1, -0.05) is 24.3 Å². The second-order valence-corrected chi connectivity index (χ2v) is 8.31. The standard InChI is InChI=1S/C26H22F2N2O3S/c1-32-21-8-6-17(7-9-21)10-11-29-25(31)23-16-34-26(30-23)22-4-2-3-5-24(22)33-15-18-12-19(27)14-20(28)13-18/h2-9,12-14,16H,10-11,15H2,1H3,(H,29,31). The average Bonchev–Trinajstić information content (AvgIpc) is 3.33. The Hall–Kier alpha value is -3.78. The van der Waals surface area contributed by atoms with Crippen molar-refractivity contribution < 1.29 is 23.0 Å². The third-order valence-electron chi connectivity index (χ3n) is 5.03. The number of nitrogens with one attached hydrogen (secondary N) is 1. The summed E-state index contributed by atoms with van der Waals surface area (Å²) in [5, 5.41) is 5.19. The van der Waals surface area contributed by atoms with E-state index in [9.17, 15) is 13.6 Å². The van der Waals surface area contributed by atoms with E-state index in [2.05, 4.69) is 10.3 Å². The van der Waals surface area contributed by atoms with Gasteiger partial charge in [-0.15, -0.1) is 11.3 Å². The molecule has 0 aliphatic rings. The van der Waals surface area contributed by atoms with Gasteiger partial charge < -0.3 is 14.8 Å². The van der Waals surface area contributed by atoms with Gasteiger partial charge in [0, 0.05) is 18.0 Å². The molecule has 174 valence electrons. The lowest BCUT2D eigenvalue weighted by molar-refractivity contribution is 0.0950. The Balaban J connectivity index is 1.38. The first-order valence-electron chi connectivity index (χ1n) is 10.6. The number of amides is 1. The smallest absolute Gasteiger partial charge is 0.270 e. The molecule has 5 nitrogen and oxygen atoms in total. The summed E-state index contributed by atoms with van der Waals surface area (Å²) >= 11 is 1.32. The first-order valence-corrected chi connectivity index (χ1v) is 11.4. The Morgan fingerprint density at radius 1 is 1.00 bits per heavy atom. The van der Waals surface area contributed by atoms with Crippen molar-refractivity contribution in [3.8, 4) is 22.1 Å². The monoisotopic (exact) mass is 480 g/mol. The van der Waals surface area contributed by atoms with Crippen molar-refractivity contribution in [1.29, 1.82) is 0 Å². The first-order chi connectivity index (χ1) is 16.5. The maximum atomic E-state index is 13.4. The van der Waals surface area contributed by atoms with Gasteiger partial charge in [0.2, 0.25) is 0 Å². The Kier molecular flexibility index (Phi) is 7.49. The van der Waals surface area contributed by atoms with Crippen LogP contribution in [0.2, 0.25) is 0 Å². The van der Waals surface area contributed by atoms with E-state index >= 15 is 0 Å². The number of rotatable bonds is 9. The molecule has 0 spiro atoms. The van der Waals surface area contributed by atoms with Crippen molar-refractivity contribution in [2.75, 3.05) is 13.7 Å². The van der Waals surface area contributed by atoms with Crippen molar-refractivity contribution in [3.63, 3.8) is 0 Å². The largest absolute Gasteiger partial charge is 0.497 e. The molecule has 1 heterocycles. The summed E-state index contributed by atoms with van der Waals surface area (Å²) in [5.74, 6) is -0.281. The topological polar surface area (TPSA) is 60.5 Å². The number of carbonyl (C=O) groups is 1. The van der Waals surface area contributed by atoms with Gasteiger partial charge in [0.15, 0.2) is 0 Å². The Labute approximate surface area is 200 Å². The molecule has 3 aromatic carbocycles. The number of nitrogens with zero attached hydrogens (tertiary/aromatic N) is 1. The molecule has 0 saturated heterocycles. The highest BCUT2D eigenvalue weighted by atomic mass is 32.1. The molecular weight excluding hydrogens is 458 g/mol. The molecule has 4 aromatic rings. The van der Waals surface area contributed by atoms with E-state index in [1.165, 1.54) is 23.5 Å². The van der Waals surface area contributed by atoms with Crippen LogP contribution in [0.4, 0.5) is 8.78 Å². The molecule has 0 aliphatic heterocycles. The Morgan fingerprint density at radius 2 is 1.74 bits per heavy atom. The van der Waals surface area contributed by atoms with Crippen LogP contribution in [0.25, 0.3) is 10.6 Å². The fourth-order valence-electron chi connectivity index (χ4n) is 3.33. The number of methoxy groups -OCH3 is 1. The molecule has 1 N–H and O–H groups in total. The summed E-state index contributed by atoms with van der Waals surface area (Å²) in [5.41, 5.74) is 2.48. The first kappa shape index (κ1) is 23.4. The molecule has 0 unspecified atom stereocenters. The normalized spacial score (nSPS) is 10.7. The molecule has 4 rings (SSSR count). The lowest BCUT2D eigenvalue weighted by Crippen LogP contribution is -2.25. The summed E-state index contributed by atoms with van der Waals surface area (Å²) in [6.07, 6.45) is 0.685. The summed E-state index contributed by atoms with van der Waals surface area (Å²) in [6.45, 7) is 0.470. The van der Waals surface area contributed by atoms with Crippen molar-refractivity contribution in [2.45, 2.75) is 13.0 Å². The number of halogens is 2. The number of hydrogen-bond donors (Lipinski definition) is 1. The summed E-state index contributed by atoms with van der Waals surface area (Å²) in [7, 11) is 1.62. The molecule has 0 aliphatic carbocycles. The van der Waals surface area contributed by atoms with Crippen LogP contribution in [0.1, 0.15) is 21.6 Å². The second-order valence-electron chi connectivity index (χ2n) is 7.45. The minimum Gasteiger partial charge on any atom is -0.497 e. The van der Waals surface area contributed by atoms with Crippen molar-refractivity contribution >= 4 is 17.2 Å². The molecule has 0 bridgehead atoms. The molecule has 0 radical (unpaired) electrons. The van der Waals surface area contributed by atoms with Crippen LogP contribution in [-0.2, 0) is 13.0 Å². The van der Waals surface area contributed by atoms with Gasteiger partial charge in [-0.2, -0.15) is 0 Å². The third kappa shape index (κ3) is 5.96. The Bertz CT molecular complexity index is 1260. The maximum absolute atomic E-state index is 13.4. The quantitative estimate of drug-likeness (QED) is 0.336. The van der Waals surface area contributed by atoms with Crippen LogP contribution in [0.5, 0.6) is 11.5 Å². The maximum Gasteiger partial charge on any atom is 0.270 e. The number of aromatic nitrogens is 1. The number of thiazole rings is 1. The van der Waals surface area contributed by atoms with Gasteiger partial charge >= 0.3 is 0 Å². The Morgan fingerprint density at radius 3 is 2.47 bits per heavy atom. The van der Waals surface area contributed by atoms with E-state index < -0.39 is 11.6 Å². The second kappa shape index (κ2) is 10.9. The van der Waals surface area contributed by atoms with Gasteiger partial charge in [-0.05, 0) is 53.9 Å². The molecule has 1 amide bonds. The van der Waals surface area contributed by atoms with E-state index in [1.807, 2.05) is 36.4 Å². The zero-order valence-electron chi connectivity index (χ0n) is 18.4. The SMILES string of the molecule is COc1ccc(CCNC(=O)c2csc(-c3ccccc3OCc3cc(F)cc(F)c3)n2)cc1. The molecule has 8 heteroatoms. The lowest BCUT2D eigenvalue weighted by Gasteiger charge is -2.10. The predicted molar refractivity (Wildman–Crippen MR) is 127 cm³/mol. The molecule has 34 heavy (non-hydrogen) atoms. The van der Waals surface area contributed by atoms with E-state index in [-0.39, 0.29) is 12.5 Å². The minimum absolute atomic E-state index is 0.00419. The third-order valence-corrected chi connectivity index (χ3v) is 5.90. The number of hydrogen-bond acceptors (Lipinski definition) is 5. The molecule has 0 fully saturated rings. The molecule has 0 atom stereocenters. The highest BCUT2D eigenvalue weighted by Crippen LogP contribution is 2.32. The van der Waals surface area contributed by atoms with Crippen LogP contribution < -0.4 is 14.8 Å². The van der Waals surface area contributed by atoms with Crippen molar-refractivity contribution in [1.82, 2.24) is 10.3 Å². The zero-order valence-corrected chi connectivity index (χ0v) is 19.2. The lowest BCUT2D eigenvalue weighted by atomic mass is 10.1. The van der Waals surface area contributed by atoms with Crippen LogP contribution in [-0.4, -0.2) is 24.5 Å². The number of ether oxygens (including phenoxy) is 2. The molecule has 0 saturated carbocycles. The van der Waals surface area contributed by atoms with Crippen molar-refractivity contribution in [3.05, 3.63) is 101 Å². The van der Waals surface area contributed by atoms with E-state index in [0.29, 0.717) is 40.5 Å². The molecule has 1 aromatic heterocycles. The van der Waals surface area contributed by atoms with E-state index in [4.69, 9.17) is 9.47 Å². The fraction of sp³-hybridized carbons (Fsp3) is 0.154. The van der Waals surface area contributed by atoms with E-state index in [1.54, 1.807) is 24.6 Å². The van der Waals surface area contributed by atoms with Gasteiger partial charge in [-0.3, -0.25) is 4.79 Å². The van der Waals surface area contributed by atoms with Crippen LogP contribution >= 0.6 is 11.3 Å². The van der Waals surface area contributed by atoms with Crippen LogP contribution in [0.3, 0.4) is 0 Å². The number of benzene rings is 3. The highest BCUT2D eigenvalue weighted by molar-refractivity contribution is 7.13. The summed E-state index contributed by atoms with van der Waals surface area (Å²) < 4.78 is 37.9. The zero-order chi connectivity index (χ0) is 23.9. The predicted octanol–water partition coefficient (Wildman–Crippen LogP) is 5.65. The van der Waals surface area contributed by atoms with Crippen molar-refractivity contribution in [2.24, 2.45) is 0 Å². The average molecular weight is 481 g/mol. The number of para-hydroxylation sites is 1. The van der Waals surface area contributed by atoms with Gasteiger partial charge in [0.05, 0.1) is 12.7 Å². The molecular formula is C26H22F2N2O3S. The highest BCUT2D eigenvalue weighted by Gasteiger charge is 2.15.